The third kappa shape index (κ3) is 8.87. The van der Waals surface area contributed by atoms with Crippen molar-refractivity contribution in [1.29, 1.82) is 0 Å². The molecule has 2 atom stereocenters. The Bertz CT molecular complexity index is 2670. The summed E-state index contributed by atoms with van der Waals surface area (Å²) in [5.74, 6) is 0.643. The Balaban J connectivity index is 0.833. The minimum absolute atomic E-state index is 0.0703. The fourth-order valence-corrected chi connectivity index (χ4v) is 12.0. The van der Waals surface area contributed by atoms with Crippen LogP contribution in [-0.4, -0.2) is 105 Å². The van der Waals surface area contributed by atoms with E-state index in [1.54, 1.807) is 18.5 Å². The van der Waals surface area contributed by atoms with Crippen LogP contribution in [0.1, 0.15) is 99.2 Å². The highest BCUT2D eigenvalue weighted by Gasteiger charge is 2.50. The van der Waals surface area contributed by atoms with Crippen molar-refractivity contribution in [1.82, 2.24) is 24.5 Å². The number of nitrogen functional groups attached to an aromatic ring is 1. The fraction of sp³-hybridized carbons (Fsp3) is 0.480. The first-order valence-electron chi connectivity index (χ1n) is 23.4. The van der Waals surface area contributed by atoms with Crippen LogP contribution in [0.3, 0.4) is 0 Å². The normalized spacial score (nSPS) is 22.6. The quantitative estimate of drug-likeness (QED) is 0.0892. The van der Waals surface area contributed by atoms with E-state index in [2.05, 4.69) is 79.7 Å². The topological polar surface area (TPSA) is 167 Å². The maximum absolute atomic E-state index is 14.1. The molecule has 6 heterocycles. The van der Waals surface area contributed by atoms with Crippen LogP contribution >= 0.6 is 0 Å². The zero-order valence-electron chi connectivity index (χ0n) is 37.8. The molecule has 5 N–H and O–H groups in total. The van der Waals surface area contributed by atoms with E-state index in [9.17, 15) is 13.2 Å². The molecule has 4 fully saturated rings. The van der Waals surface area contributed by atoms with E-state index < -0.39 is 21.5 Å². The van der Waals surface area contributed by atoms with Gasteiger partial charge in [-0.1, -0.05) is 38.1 Å². The molecule has 14 nitrogen and oxygen atoms in total. The van der Waals surface area contributed by atoms with E-state index in [0.29, 0.717) is 52.9 Å². The Morgan fingerprint density at radius 1 is 1.02 bits per heavy atom. The number of pyridine rings is 1. The van der Waals surface area contributed by atoms with Crippen molar-refractivity contribution < 1.29 is 27.4 Å². The zero-order valence-corrected chi connectivity index (χ0v) is 38.6. The van der Waals surface area contributed by atoms with Gasteiger partial charge in [-0.3, -0.25) is 14.6 Å². The van der Waals surface area contributed by atoms with Crippen LogP contribution in [0.25, 0.3) is 11.0 Å². The molecule has 0 unspecified atom stereocenters. The standard InChI is InChI=1S/C50H62N8O6S/c1-33(2)39-7-4-5-8-40(39)43-9-6-17-58(43)36-29-50(30-36)14-19-57(20-15-50)35-10-11-41(44(26-35)64-37-25-34-12-16-52-47(34)53-31-37)48(59)55-65(60,61)38-27-42(51)46-45(28-38)63-32-49(3,54-46)13-18-56-21-23-62-24-22-56/h4-5,7-8,10-12,16,25-28,31,33,36,43,54H,6,9,13-15,17-24,29-30,32,51H2,1-3H3,(H,52,53)(H,55,59)/t43-,49-/m0/s1. The maximum Gasteiger partial charge on any atom is 0.268 e. The number of hydrogen-bond acceptors (Lipinski definition) is 12. The van der Waals surface area contributed by atoms with E-state index >= 15 is 0 Å². The molecule has 0 radical (unpaired) electrons. The number of likely N-dealkylation sites (tertiary alicyclic amines) is 1. The number of fused-ring (bicyclic) bond motifs is 2. The highest BCUT2D eigenvalue weighted by Crippen LogP contribution is 2.54. The Kier molecular flexibility index (Phi) is 11.7. The zero-order chi connectivity index (χ0) is 44.9. The number of piperidine rings is 1. The molecule has 1 amide bonds. The molecule has 344 valence electrons. The van der Waals surface area contributed by atoms with Gasteiger partial charge in [0.15, 0.2) is 0 Å². The number of carbonyl (C=O) groups excluding carboxylic acids is 1. The first-order valence-corrected chi connectivity index (χ1v) is 24.9. The Morgan fingerprint density at radius 3 is 2.62 bits per heavy atom. The van der Waals surface area contributed by atoms with Crippen LogP contribution in [0, 0.1) is 5.41 Å². The van der Waals surface area contributed by atoms with E-state index in [1.807, 2.05) is 24.3 Å². The van der Waals surface area contributed by atoms with Crippen LogP contribution in [0.15, 0.2) is 84.0 Å². The third-order valence-electron chi connectivity index (χ3n) is 14.8. The largest absolute Gasteiger partial charge is 0.489 e. The molecule has 15 heteroatoms. The summed E-state index contributed by atoms with van der Waals surface area (Å²) in [5.41, 5.74) is 11.8. The molecule has 10 rings (SSSR count). The van der Waals surface area contributed by atoms with Crippen molar-refractivity contribution in [2.45, 2.75) is 94.2 Å². The second-order valence-electron chi connectivity index (χ2n) is 19.6. The lowest BCUT2D eigenvalue weighted by Crippen LogP contribution is -2.54. The summed E-state index contributed by atoms with van der Waals surface area (Å²) in [4.78, 5) is 29.0. The van der Waals surface area contributed by atoms with E-state index in [0.717, 1.165) is 76.3 Å². The number of rotatable bonds is 12. The lowest BCUT2D eigenvalue weighted by atomic mass is 9.59. The average Bonchev–Trinajstić information content (AvgIpc) is 3.98. The molecule has 5 aliphatic rings. The number of ether oxygens (including phenoxy) is 3. The van der Waals surface area contributed by atoms with Gasteiger partial charge in [0.1, 0.15) is 35.2 Å². The minimum atomic E-state index is -4.40. The van der Waals surface area contributed by atoms with Gasteiger partial charge in [0.25, 0.3) is 15.9 Å². The highest BCUT2D eigenvalue weighted by atomic mass is 32.2. The number of nitrogens with one attached hydrogen (secondary N) is 3. The molecular weight excluding hydrogens is 841 g/mol. The molecule has 3 saturated heterocycles. The van der Waals surface area contributed by atoms with Crippen LogP contribution in [-0.2, 0) is 14.8 Å². The van der Waals surface area contributed by atoms with Crippen LogP contribution in [0.4, 0.5) is 17.1 Å². The van der Waals surface area contributed by atoms with Crippen molar-refractivity contribution >= 4 is 44.0 Å². The van der Waals surface area contributed by atoms with Crippen molar-refractivity contribution in [3.63, 3.8) is 0 Å². The molecule has 4 aliphatic heterocycles. The molecule has 2 aromatic heterocycles. The minimum Gasteiger partial charge on any atom is -0.489 e. The number of benzene rings is 3. The van der Waals surface area contributed by atoms with Crippen molar-refractivity contribution in [3.05, 3.63) is 95.8 Å². The van der Waals surface area contributed by atoms with Gasteiger partial charge in [0.05, 0.1) is 41.1 Å². The van der Waals surface area contributed by atoms with Crippen molar-refractivity contribution in [2.75, 3.05) is 75.0 Å². The number of H-pyrrole nitrogens is 1. The Morgan fingerprint density at radius 2 is 1.82 bits per heavy atom. The maximum atomic E-state index is 14.1. The molecule has 1 spiro atoms. The number of hydrogen-bond donors (Lipinski definition) is 4. The number of sulfonamides is 1. The Labute approximate surface area is 382 Å². The lowest BCUT2D eigenvalue weighted by Gasteiger charge is -2.56. The molecular formula is C50H62N8O6S. The summed E-state index contributed by atoms with van der Waals surface area (Å²) in [5, 5.41) is 4.36. The summed E-state index contributed by atoms with van der Waals surface area (Å²) in [6.45, 7) is 14.0. The van der Waals surface area contributed by atoms with Gasteiger partial charge in [0, 0.05) is 74.2 Å². The average molecular weight is 903 g/mol. The molecule has 5 aromatic rings. The van der Waals surface area contributed by atoms with Gasteiger partial charge in [-0.25, -0.2) is 18.1 Å². The number of aromatic amines is 1. The second-order valence-corrected chi connectivity index (χ2v) is 21.3. The number of nitrogens with zero attached hydrogens (tertiary/aromatic N) is 4. The number of anilines is 3. The van der Waals surface area contributed by atoms with Gasteiger partial charge in [0.2, 0.25) is 0 Å². The van der Waals surface area contributed by atoms with Gasteiger partial charge >= 0.3 is 0 Å². The number of morpholine rings is 1. The predicted molar refractivity (Wildman–Crippen MR) is 254 cm³/mol. The summed E-state index contributed by atoms with van der Waals surface area (Å²) >= 11 is 0. The molecule has 0 bridgehead atoms. The van der Waals surface area contributed by atoms with E-state index in [1.165, 1.54) is 55.5 Å². The van der Waals surface area contributed by atoms with Gasteiger partial charge in [-0.2, -0.15) is 0 Å². The van der Waals surface area contributed by atoms with Gasteiger partial charge in [-0.15, -0.1) is 0 Å². The van der Waals surface area contributed by atoms with Gasteiger partial charge < -0.3 is 35.1 Å². The number of nitrogens with two attached hydrogens (primary N) is 1. The number of carbonyl (C=O) groups is 1. The van der Waals surface area contributed by atoms with Crippen LogP contribution in [0.2, 0.25) is 0 Å². The fourth-order valence-electron chi connectivity index (χ4n) is 11.0. The Hall–Kier alpha value is -5.35. The number of amides is 1. The monoisotopic (exact) mass is 902 g/mol. The first kappa shape index (κ1) is 43.5. The molecule has 3 aromatic carbocycles. The summed E-state index contributed by atoms with van der Waals surface area (Å²) < 4.78 is 48.3. The van der Waals surface area contributed by atoms with Gasteiger partial charge in [-0.05, 0) is 111 Å². The third-order valence-corrected chi connectivity index (χ3v) is 16.1. The van der Waals surface area contributed by atoms with Crippen LogP contribution < -0.4 is 30.1 Å². The second kappa shape index (κ2) is 17.5. The van der Waals surface area contributed by atoms with E-state index in [4.69, 9.17) is 19.9 Å². The number of aromatic nitrogens is 2. The van der Waals surface area contributed by atoms with Crippen LogP contribution in [0.5, 0.6) is 17.2 Å². The predicted octanol–water partition coefficient (Wildman–Crippen LogP) is 8.05. The van der Waals surface area contributed by atoms with Crippen molar-refractivity contribution in [2.24, 2.45) is 5.41 Å². The summed E-state index contributed by atoms with van der Waals surface area (Å²) in [6.07, 6.45) is 11.3. The molecule has 65 heavy (non-hydrogen) atoms. The smallest absolute Gasteiger partial charge is 0.268 e. The lowest BCUT2D eigenvalue weighted by molar-refractivity contribution is -0.0227. The molecule has 1 aliphatic carbocycles. The molecule has 1 saturated carbocycles. The highest BCUT2D eigenvalue weighted by molar-refractivity contribution is 7.90. The summed E-state index contributed by atoms with van der Waals surface area (Å²) in [7, 11) is -4.40. The van der Waals surface area contributed by atoms with E-state index in [-0.39, 0.29) is 21.9 Å². The van der Waals surface area contributed by atoms with Crippen molar-refractivity contribution in [3.8, 4) is 17.2 Å². The summed E-state index contributed by atoms with van der Waals surface area (Å²) in [6, 6.07) is 22.0. The first-order chi connectivity index (χ1) is 31.3. The SMILES string of the molecule is CC(C)c1ccccc1[C@@H]1CCCN1C1CC2(CCN(c3ccc(C(=O)NS(=O)(=O)c4cc(N)c5c(c4)OC[C@](C)(CCN4CCOCC4)N5)c(Oc4cnc5[nH]ccc5c4)c3)CC2)C1.